The van der Waals surface area contributed by atoms with Gasteiger partial charge in [0.25, 0.3) is 0 Å². The summed E-state index contributed by atoms with van der Waals surface area (Å²) in [6.07, 6.45) is 8.22. The number of benzene rings is 1. The number of nitrogens with one attached hydrogen (secondary N) is 1. The fourth-order valence-corrected chi connectivity index (χ4v) is 5.12. The molecule has 132 valence electrons. The lowest BCUT2D eigenvalue weighted by molar-refractivity contribution is -0.119. The van der Waals surface area contributed by atoms with Gasteiger partial charge in [0.2, 0.25) is 5.91 Å². The smallest absolute Gasteiger partial charge is 0.230 e. The van der Waals surface area contributed by atoms with Crippen molar-refractivity contribution in [2.24, 2.45) is 5.92 Å². The minimum atomic E-state index is 0.157. The molecule has 2 aliphatic carbocycles. The first kappa shape index (κ1) is 16.9. The van der Waals surface area contributed by atoms with Crippen LogP contribution in [0.1, 0.15) is 50.2 Å². The zero-order valence-corrected chi connectivity index (χ0v) is 15.7. The van der Waals surface area contributed by atoms with Crippen molar-refractivity contribution in [3.8, 4) is 0 Å². The van der Waals surface area contributed by atoms with Gasteiger partial charge >= 0.3 is 0 Å². The van der Waals surface area contributed by atoms with Crippen LogP contribution in [0.2, 0.25) is 0 Å². The topological polar surface area (TPSA) is 42.0 Å². The molecule has 4 heteroatoms. The Bertz CT molecular complexity index is 783. The van der Waals surface area contributed by atoms with Gasteiger partial charge in [-0.2, -0.15) is 0 Å². The van der Waals surface area contributed by atoms with Crippen molar-refractivity contribution < 1.29 is 4.79 Å². The predicted molar refractivity (Wildman–Crippen MR) is 104 cm³/mol. The molecule has 25 heavy (non-hydrogen) atoms. The molecule has 1 fully saturated rings. The Morgan fingerprint density at radius 2 is 2.00 bits per heavy atom. The highest BCUT2D eigenvalue weighted by molar-refractivity contribution is 8.00. The molecule has 0 bridgehead atoms. The van der Waals surface area contributed by atoms with Crippen molar-refractivity contribution in [3.05, 3.63) is 35.4 Å². The lowest BCUT2D eigenvalue weighted by Gasteiger charge is -2.25. The summed E-state index contributed by atoms with van der Waals surface area (Å²) in [5.74, 6) is 1.33. The summed E-state index contributed by atoms with van der Waals surface area (Å²) in [4.78, 5) is 17.2. The lowest BCUT2D eigenvalue weighted by Crippen LogP contribution is -2.33. The molecule has 1 amide bonds. The van der Waals surface area contributed by atoms with Crippen LogP contribution < -0.4 is 5.32 Å². The summed E-state index contributed by atoms with van der Waals surface area (Å²) >= 11 is 1.62. The highest BCUT2D eigenvalue weighted by atomic mass is 32.2. The van der Waals surface area contributed by atoms with Crippen molar-refractivity contribution in [2.75, 3.05) is 5.75 Å². The molecule has 1 N–H and O–H groups in total. The number of nitrogens with zero attached hydrogens (tertiary/aromatic N) is 1. The van der Waals surface area contributed by atoms with E-state index in [-0.39, 0.29) is 5.91 Å². The van der Waals surface area contributed by atoms with E-state index in [0.717, 1.165) is 36.2 Å². The molecule has 0 spiro atoms. The number of para-hydroxylation sites is 1. The number of thioether (sulfide) groups is 1. The maximum Gasteiger partial charge on any atom is 0.230 e. The first-order valence-electron chi connectivity index (χ1n) is 9.53. The molecule has 4 rings (SSSR count). The van der Waals surface area contributed by atoms with E-state index in [1.165, 1.54) is 35.8 Å². The molecule has 1 aromatic heterocycles. The van der Waals surface area contributed by atoms with Gasteiger partial charge in [-0.15, -0.1) is 0 Å². The van der Waals surface area contributed by atoms with Crippen molar-refractivity contribution in [1.82, 2.24) is 10.3 Å². The summed E-state index contributed by atoms with van der Waals surface area (Å²) in [5.41, 5.74) is 3.91. The molecule has 0 aliphatic heterocycles. The SMILES string of the molecule is CC1CCc2c(c(SCC(=O)NC3CCCC3)nc3ccccc23)C1. The molecule has 1 atom stereocenters. The minimum Gasteiger partial charge on any atom is -0.353 e. The van der Waals surface area contributed by atoms with Crippen LogP contribution in [-0.2, 0) is 17.6 Å². The van der Waals surface area contributed by atoms with Crippen LogP contribution in [0.25, 0.3) is 10.9 Å². The van der Waals surface area contributed by atoms with Gasteiger partial charge in [0.15, 0.2) is 0 Å². The summed E-state index contributed by atoms with van der Waals surface area (Å²) in [5, 5.41) is 5.55. The van der Waals surface area contributed by atoms with E-state index in [4.69, 9.17) is 4.98 Å². The Morgan fingerprint density at radius 1 is 1.20 bits per heavy atom. The number of carbonyl (C=O) groups is 1. The van der Waals surface area contributed by atoms with Crippen LogP contribution >= 0.6 is 11.8 Å². The van der Waals surface area contributed by atoms with Gasteiger partial charge in [-0.1, -0.05) is 49.7 Å². The quantitative estimate of drug-likeness (QED) is 0.822. The molecule has 2 aromatic rings. The molecular formula is C21H26N2OS. The maximum absolute atomic E-state index is 12.3. The Hall–Kier alpha value is -1.55. The number of carbonyl (C=O) groups excluding carboxylic acids is 1. The molecule has 1 heterocycles. The average molecular weight is 355 g/mol. The largest absolute Gasteiger partial charge is 0.353 e. The van der Waals surface area contributed by atoms with Gasteiger partial charge < -0.3 is 5.32 Å². The maximum atomic E-state index is 12.3. The number of pyridine rings is 1. The van der Waals surface area contributed by atoms with Crippen LogP contribution in [0, 0.1) is 5.92 Å². The Balaban J connectivity index is 1.56. The number of rotatable bonds is 4. The van der Waals surface area contributed by atoms with E-state index in [1.807, 2.05) is 0 Å². The van der Waals surface area contributed by atoms with Crippen LogP contribution in [-0.4, -0.2) is 22.7 Å². The molecular weight excluding hydrogens is 328 g/mol. The number of fused-ring (bicyclic) bond motifs is 3. The van der Waals surface area contributed by atoms with E-state index < -0.39 is 0 Å². The molecule has 1 saturated carbocycles. The number of aromatic nitrogens is 1. The number of hydrogen-bond acceptors (Lipinski definition) is 3. The summed E-state index contributed by atoms with van der Waals surface area (Å²) in [6, 6.07) is 8.83. The average Bonchev–Trinajstić information content (AvgIpc) is 3.12. The minimum absolute atomic E-state index is 0.157. The van der Waals surface area contributed by atoms with Gasteiger partial charge in [0, 0.05) is 11.4 Å². The van der Waals surface area contributed by atoms with E-state index in [9.17, 15) is 4.79 Å². The Kier molecular flexibility index (Phi) is 4.98. The van der Waals surface area contributed by atoms with Gasteiger partial charge in [-0.25, -0.2) is 4.98 Å². The zero-order valence-electron chi connectivity index (χ0n) is 14.9. The molecule has 0 radical (unpaired) electrons. The number of amides is 1. The first-order chi connectivity index (χ1) is 12.2. The molecule has 3 nitrogen and oxygen atoms in total. The lowest BCUT2D eigenvalue weighted by atomic mass is 9.84. The second-order valence-corrected chi connectivity index (χ2v) is 8.54. The first-order valence-corrected chi connectivity index (χ1v) is 10.5. The molecule has 0 saturated heterocycles. The summed E-state index contributed by atoms with van der Waals surface area (Å²) in [6.45, 7) is 2.32. The van der Waals surface area contributed by atoms with E-state index in [2.05, 4.69) is 36.5 Å². The standard InChI is InChI=1S/C21H26N2OS/c1-14-10-11-16-17-8-4-5-9-19(17)23-21(18(16)12-14)25-13-20(24)22-15-6-2-3-7-15/h4-5,8-9,14-15H,2-3,6-7,10-13H2,1H3,(H,22,24). The normalized spacial score (nSPS) is 20.6. The van der Waals surface area contributed by atoms with Crippen LogP contribution in [0.15, 0.2) is 29.3 Å². The van der Waals surface area contributed by atoms with Crippen LogP contribution in [0.4, 0.5) is 0 Å². The molecule has 1 aromatic carbocycles. The van der Waals surface area contributed by atoms with Gasteiger partial charge in [-0.3, -0.25) is 4.79 Å². The third-order valence-electron chi connectivity index (χ3n) is 5.57. The van der Waals surface area contributed by atoms with Crippen molar-refractivity contribution in [2.45, 2.75) is 62.9 Å². The fourth-order valence-electron chi connectivity index (χ4n) is 4.22. The summed E-state index contributed by atoms with van der Waals surface area (Å²) < 4.78 is 0. The van der Waals surface area contributed by atoms with Crippen molar-refractivity contribution in [1.29, 1.82) is 0 Å². The molecule has 2 aliphatic rings. The third-order valence-corrected chi connectivity index (χ3v) is 6.59. The molecule has 1 unspecified atom stereocenters. The van der Waals surface area contributed by atoms with Crippen LogP contribution in [0.3, 0.4) is 0 Å². The Morgan fingerprint density at radius 3 is 2.84 bits per heavy atom. The van der Waals surface area contributed by atoms with Gasteiger partial charge in [-0.05, 0) is 55.2 Å². The zero-order chi connectivity index (χ0) is 17.2. The Labute approximate surface area is 154 Å². The van der Waals surface area contributed by atoms with Gasteiger partial charge in [0.1, 0.15) is 5.03 Å². The van der Waals surface area contributed by atoms with Crippen molar-refractivity contribution >= 4 is 28.6 Å². The van der Waals surface area contributed by atoms with Crippen LogP contribution in [0.5, 0.6) is 0 Å². The second-order valence-electron chi connectivity index (χ2n) is 7.58. The van der Waals surface area contributed by atoms with E-state index >= 15 is 0 Å². The monoisotopic (exact) mass is 354 g/mol. The highest BCUT2D eigenvalue weighted by Gasteiger charge is 2.23. The highest BCUT2D eigenvalue weighted by Crippen LogP contribution is 2.36. The van der Waals surface area contributed by atoms with E-state index in [0.29, 0.717) is 17.7 Å². The predicted octanol–water partition coefficient (Wildman–Crippen LogP) is 4.51. The van der Waals surface area contributed by atoms with Gasteiger partial charge in [0.05, 0.1) is 11.3 Å². The summed E-state index contributed by atoms with van der Waals surface area (Å²) in [7, 11) is 0. The third kappa shape index (κ3) is 3.69. The number of hydrogen-bond donors (Lipinski definition) is 1. The fraction of sp³-hybridized carbons (Fsp3) is 0.524. The second kappa shape index (κ2) is 7.36. The number of aryl methyl sites for hydroxylation is 1. The van der Waals surface area contributed by atoms with Crippen molar-refractivity contribution in [3.63, 3.8) is 0 Å². The van der Waals surface area contributed by atoms with E-state index in [1.54, 1.807) is 11.8 Å².